The van der Waals surface area contributed by atoms with Crippen LogP contribution in [0.5, 0.6) is 0 Å². The molecule has 1 unspecified atom stereocenters. The molecule has 0 aromatic rings. The van der Waals surface area contributed by atoms with Gasteiger partial charge in [0.25, 0.3) is 0 Å². The second-order valence-corrected chi connectivity index (χ2v) is 1.27. The van der Waals surface area contributed by atoms with Gasteiger partial charge < -0.3 is 4.74 Å². The Balaban J connectivity index is 2.51. The number of rotatable bonds is 1. The number of hydrogen-bond acceptors (Lipinski definition) is 2. The van der Waals surface area contributed by atoms with Crippen molar-refractivity contribution in [2.24, 2.45) is 5.11 Å². The molecule has 0 bridgehead atoms. The molecule has 0 N–H and O–H groups in total. The molecule has 1 aliphatic rings. The van der Waals surface area contributed by atoms with E-state index in [1.54, 1.807) is 12.2 Å². The molecule has 40 valence electrons. The van der Waals surface area contributed by atoms with Crippen LogP contribution in [0.1, 0.15) is 0 Å². The Morgan fingerprint density at radius 3 is 3.00 bits per heavy atom. The Morgan fingerprint density at radius 1 is 1.75 bits per heavy atom. The van der Waals surface area contributed by atoms with Crippen LogP contribution in [0.15, 0.2) is 23.5 Å². The Morgan fingerprint density at radius 2 is 2.62 bits per heavy atom. The van der Waals surface area contributed by atoms with Gasteiger partial charge in [0.15, 0.2) is 0 Å². The summed E-state index contributed by atoms with van der Waals surface area (Å²) in [7, 11) is 0. The molecule has 3 nitrogen and oxygen atoms in total. The minimum absolute atomic E-state index is 0.625. The lowest BCUT2D eigenvalue weighted by molar-refractivity contribution is 0.178. The molecule has 1 rings (SSSR count). The molecular weight excluding hydrogens is 104 g/mol. The maximum atomic E-state index is 8.07. The average Bonchev–Trinajstić information content (AvgIpc) is 1.90. The molecule has 1 heterocycles. The lowest BCUT2D eigenvalue weighted by Gasteiger charge is -2.04. The zero-order chi connectivity index (χ0) is 5.82. The van der Waals surface area contributed by atoms with Crippen LogP contribution in [0, 0.1) is 6.08 Å². The Bertz CT molecular complexity index is 139. The van der Waals surface area contributed by atoms with Crippen molar-refractivity contribution in [1.82, 2.24) is 5.53 Å². The lowest BCUT2D eigenvalue weighted by atomic mass is 10.4. The van der Waals surface area contributed by atoms with E-state index in [0.717, 1.165) is 0 Å². The highest BCUT2D eigenvalue weighted by Gasteiger charge is 2.00. The topological polar surface area (TPSA) is 43.9 Å². The highest BCUT2D eigenvalue weighted by Crippen LogP contribution is 1.99. The van der Waals surface area contributed by atoms with Gasteiger partial charge in [0.1, 0.15) is 0 Å². The fourth-order valence-corrected chi connectivity index (χ4v) is 0.397. The molecule has 0 aliphatic carbocycles. The van der Waals surface area contributed by atoms with E-state index in [2.05, 4.69) is 15.9 Å². The van der Waals surface area contributed by atoms with Crippen molar-refractivity contribution in [3.05, 3.63) is 24.5 Å². The molecule has 1 aliphatic heterocycles. The van der Waals surface area contributed by atoms with Crippen LogP contribution in [0.2, 0.25) is 0 Å². The first-order valence-corrected chi connectivity index (χ1v) is 2.17. The van der Waals surface area contributed by atoms with Gasteiger partial charge in [-0.15, -0.1) is 5.11 Å². The SMILES string of the molecule is [N]=NC1[C]=CC=CO1. The van der Waals surface area contributed by atoms with Gasteiger partial charge in [-0.2, -0.15) is 0 Å². The summed E-state index contributed by atoms with van der Waals surface area (Å²) >= 11 is 0. The van der Waals surface area contributed by atoms with E-state index in [4.69, 9.17) is 5.53 Å². The summed E-state index contributed by atoms with van der Waals surface area (Å²) in [5.41, 5.74) is 8.07. The number of allylic oxidation sites excluding steroid dienone is 2. The van der Waals surface area contributed by atoms with Gasteiger partial charge in [-0.05, 0) is 17.7 Å². The molecule has 0 saturated carbocycles. The van der Waals surface area contributed by atoms with E-state index >= 15 is 0 Å². The molecule has 0 spiro atoms. The highest BCUT2D eigenvalue weighted by molar-refractivity contribution is 5.01. The molecule has 2 radical (unpaired) electrons. The van der Waals surface area contributed by atoms with Crippen molar-refractivity contribution in [2.75, 3.05) is 0 Å². The summed E-state index contributed by atoms with van der Waals surface area (Å²) in [4.78, 5) is 0. The van der Waals surface area contributed by atoms with Crippen LogP contribution < -0.4 is 5.53 Å². The number of ether oxygens (including phenoxy) is 1. The van der Waals surface area contributed by atoms with Gasteiger partial charge in [-0.3, -0.25) is 0 Å². The van der Waals surface area contributed by atoms with Gasteiger partial charge in [-0.25, -0.2) is 0 Å². The van der Waals surface area contributed by atoms with Crippen LogP contribution in [0.4, 0.5) is 0 Å². The largest absolute Gasteiger partial charge is 0.470 e. The fourth-order valence-electron chi connectivity index (χ4n) is 0.397. The first-order chi connectivity index (χ1) is 3.93. The third-order valence-electron chi connectivity index (χ3n) is 0.726. The van der Waals surface area contributed by atoms with Gasteiger partial charge >= 0.3 is 0 Å². The van der Waals surface area contributed by atoms with Crippen molar-refractivity contribution in [2.45, 2.75) is 6.23 Å². The van der Waals surface area contributed by atoms with Crippen LogP contribution in [-0.2, 0) is 4.74 Å². The van der Waals surface area contributed by atoms with Crippen LogP contribution in [0.3, 0.4) is 0 Å². The number of hydrogen-bond donors (Lipinski definition) is 0. The van der Waals surface area contributed by atoms with Gasteiger partial charge in [-0.1, -0.05) is 0 Å². The molecule has 3 heteroatoms. The molecule has 0 aromatic carbocycles. The zero-order valence-electron chi connectivity index (χ0n) is 4.11. The van der Waals surface area contributed by atoms with E-state index in [1.165, 1.54) is 6.26 Å². The van der Waals surface area contributed by atoms with Crippen LogP contribution >= 0.6 is 0 Å². The second kappa shape index (κ2) is 2.26. The third kappa shape index (κ3) is 0.932. The van der Waals surface area contributed by atoms with Crippen molar-refractivity contribution < 1.29 is 4.74 Å². The third-order valence-corrected chi connectivity index (χ3v) is 0.726. The molecule has 1 atom stereocenters. The predicted molar refractivity (Wildman–Crippen MR) is 26.4 cm³/mol. The van der Waals surface area contributed by atoms with E-state index in [9.17, 15) is 0 Å². The minimum atomic E-state index is -0.625. The summed E-state index contributed by atoms with van der Waals surface area (Å²) in [5, 5.41) is 2.83. The zero-order valence-corrected chi connectivity index (χ0v) is 4.11. The summed E-state index contributed by atoms with van der Waals surface area (Å²) in [5.74, 6) is 0. The van der Waals surface area contributed by atoms with Gasteiger partial charge in [0, 0.05) is 6.08 Å². The average molecular weight is 108 g/mol. The fraction of sp³-hybridized carbons (Fsp3) is 0.200. The lowest BCUT2D eigenvalue weighted by Crippen LogP contribution is -2.03. The first-order valence-electron chi connectivity index (χ1n) is 2.17. The normalized spacial score (nSPS) is 24.8. The van der Waals surface area contributed by atoms with Crippen molar-refractivity contribution in [1.29, 1.82) is 0 Å². The summed E-state index contributed by atoms with van der Waals surface area (Å²) < 4.78 is 4.69. The molecule has 8 heavy (non-hydrogen) atoms. The summed E-state index contributed by atoms with van der Waals surface area (Å²) in [6.45, 7) is 0. The van der Waals surface area contributed by atoms with E-state index in [0.29, 0.717) is 0 Å². The Labute approximate surface area is 47.2 Å². The monoisotopic (exact) mass is 108 g/mol. The maximum Gasteiger partial charge on any atom is 0.236 e. The van der Waals surface area contributed by atoms with Crippen LogP contribution in [-0.4, -0.2) is 6.23 Å². The number of nitrogens with zero attached hydrogens (tertiary/aromatic N) is 2. The van der Waals surface area contributed by atoms with Crippen LogP contribution in [0.25, 0.3) is 0 Å². The minimum Gasteiger partial charge on any atom is -0.470 e. The van der Waals surface area contributed by atoms with Crippen molar-refractivity contribution in [3.63, 3.8) is 0 Å². The van der Waals surface area contributed by atoms with E-state index in [1.807, 2.05) is 0 Å². The van der Waals surface area contributed by atoms with E-state index in [-0.39, 0.29) is 0 Å². The first kappa shape index (κ1) is 5.03. The molecular formula is C5H4N2O. The standard InChI is InChI=1S/C5H4N2O/c6-7-5-3-1-2-4-8-5/h1-2,4-5H. The smallest absolute Gasteiger partial charge is 0.236 e. The molecule has 0 fully saturated rings. The maximum absolute atomic E-state index is 8.07. The quantitative estimate of drug-likeness (QED) is 0.450. The van der Waals surface area contributed by atoms with E-state index < -0.39 is 6.23 Å². The molecule has 0 amide bonds. The Kier molecular flexibility index (Phi) is 1.42. The summed E-state index contributed by atoms with van der Waals surface area (Å²) in [6, 6.07) is 0. The van der Waals surface area contributed by atoms with Gasteiger partial charge in [0.05, 0.1) is 6.26 Å². The molecule has 0 aromatic heterocycles. The second-order valence-electron chi connectivity index (χ2n) is 1.27. The predicted octanol–water partition coefficient (Wildman–Crippen LogP) is 0.468. The Hall–Kier alpha value is -1.12. The highest BCUT2D eigenvalue weighted by atomic mass is 16.5. The summed E-state index contributed by atoms with van der Waals surface area (Å²) in [6.07, 6.45) is 6.74. The van der Waals surface area contributed by atoms with Gasteiger partial charge in [0.2, 0.25) is 6.23 Å². The van der Waals surface area contributed by atoms with Crippen molar-refractivity contribution in [3.8, 4) is 0 Å². The molecule has 0 saturated heterocycles. The van der Waals surface area contributed by atoms with Crippen molar-refractivity contribution >= 4 is 0 Å².